The average molecular weight is 225 g/mol. The van der Waals surface area contributed by atoms with E-state index in [0.29, 0.717) is 0 Å². The van der Waals surface area contributed by atoms with Gasteiger partial charge in [0, 0.05) is 35.6 Å². The summed E-state index contributed by atoms with van der Waals surface area (Å²) >= 11 is 0. The van der Waals surface area contributed by atoms with Crippen molar-refractivity contribution in [2.75, 3.05) is 0 Å². The largest absolute Gasteiger partial charge is 0.344 e. The van der Waals surface area contributed by atoms with Crippen LogP contribution < -0.4 is 0 Å². The third-order valence-corrected chi connectivity index (χ3v) is 3.08. The standard InChI is InChI=1S/C14H15N3/c1-10-7-12-8-11(9-16-14(12)17-10)4-5-13-3-2-6-15-13/h2,6-9H,3-5H2,1H3,(H,16,17). The van der Waals surface area contributed by atoms with Crippen LogP contribution in [0.2, 0.25) is 0 Å². The van der Waals surface area contributed by atoms with Gasteiger partial charge in [0.05, 0.1) is 0 Å². The van der Waals surface area contributed by atoms with Crippen molar-refractivity contribution >= 4 is 16.7 Å². The minimum absolute atomic E-state index is 0.978. The van der Waals surface area contributed by atoms with Crippen LogP contribution in [0.3, 0.4) is 0 Å². The van der Waals surface area contributed by atoms with Crippen LogP contribution in [0, 0.1) is 6.92 Å². The number of hydrogen-bond acceptors (Lipinski definition) is 2. The Bertz CT molecular complexity index is 605. The molecular weight excluding hydrogens is 210 g/mol. The van der Waals surface area contributed by atoms with E-state index in [2.05, 4.69) is 40.1 Å². The molecular formula is C14H15N3. The Balaban J connectivity index is 1.76. The fourth-order valence-electron chi connectivity index (χ4n) is 2.19. The van der Waals surface area contributed by atoms with Crippen molar-refractivity contribution in [2.45, 2.75) is 26.2 Å². The molecule has 2 aromatic heterocycles. The van der Waals surface area contributed by atoms with Crippen molar-refractivity contribution in [2.24, 2.45) is 4.99 Å². The maximum absolute atomic E-state index is 4.44. The first-order chi connectivity index (χ1) is 8.31. The second-order valence-electron chi connectivity index (χ2n) is 4.52. The summed E-state index contributed by atoms with van der Waals surface area (Å²) < 4.78 is 0. The van der Waals surface area contributed by atoms with E-state index in [1.165, 1.54) is 16.7 Å². The molecule has 1 aliphatic rings. The number of aliphatic imine (C=N–C) groups is 1. The zero-order valence-corrected chi connectivity index (χ0v) is 9.90. The Morgan fingerprint density at radius 2 is 2.24 bits per heavy atom. The first-order valence-electron chi connectivity index (χ1n) is 5.96. The van der Waals surface area contributed by atoms with E-state index in [1.807, 2.05) is 12.4 Å². The first kappa shape index (κ1) is 10.3. The maximum Gasteiger partial charge on any atom is 0.137 e. The van der Waals surface area contributed by atoms with E-state index in [4.69, 9.17) is 0 Å². The fourth-order valence-corrected chi connectivity index (χ4v) is 2.19. The molecule has 3 heteroatoms. The van der Waals surface area contributed by atoms with Gasteiger partial charge in [0.2, 0.25) is 0 Å². The molecule has 1 N–H and O–H groups in total. The molecule has 3 heterocycles. The molecule has 0 unspecified atom stereocenters. The number of allylic oxidation sites excluding steroid dienone is 1. The number of rotatable bonds is 3. The summed E-state index contributed by atoms with van der Waals surface area (Å²) in [6.07, 6.45) is 9.02. The van der Waals surface area contributed by atoms with Crippen LogP contribution >= 0.6 is 0 Å². The molecule has 86 valence electrons. The van der Waals surface area contributed by atoms with Crippen LogP contribution in [0.25, 0.3) is 11.0 Å². The summed E-state index contributed by atoms with van der Waals surface area (Å²) in [7, 11) is 0. The number of H-pyrrole nitrogens is 1. The second-order valence-corrected chi connectivity index (χ2v) is 4.52. The summed E-state index contributed by atoms with van der Waals surface area (Å²) in [4.78, 5) is 12.0. The van der Waals surface area contributed by atoms with E-state index >= 15 is 0 Å². The van der Waals surface area contributed by atoms with Gasteiger partial charge < -0.3 is 4.98 Å². The lowest BCUT2D eigenvalue weighted by atomic mass is 10.1. The number of hydrogen-bond donors (Lipinski definition) is 1. The molecule has 0 atom stereocenters. The summed E-state index contributed by atoms with van der Waals surface area (Å²) in [5.74, 6) is 0. The molecule has 0 saturated carbocycles. The minimum Gasteiger partial charge on any atom is -0.344 e. The van der Waals surface area contributed by atoms with Crippen LogP contribution in [-0.4, -0.2) is 15.7 Å². The molecule has 3 nitrogen and oxygen atoms in total. The van der Waals surface area contributed by atoms with E-state index < -0.39 is 0 Å². The molecule has 0 aromatic carbocycles. The number of aryl methyl sites for hydroxylation is 2. The molecule has 17 heavy (non-hydrogen) atoms. The number of fused-ring (bicyclic) bond motifs is 1. The number of aromatic amines is 1. The van der Waals surface area contributed by atoms with Crippen LogP contribution in [0.1, 0.15) is 24.1 Å². The van der Waals surface area contributed by atoms with Gasteiger partial charge in [0.1, 0.15) is 5.65 Å². The number of aromatic nitrogens is 2. The van der Waals surface area contributed by atoms with Crippen LogP contribution in [0.5, 0.6) is 0 Å². The monoisotopic (exact) mass is 225 g/mol. The third-order valence-electron chi connectivity index (χ3n) is 3.08. The highest BCUT2D eigenvalue weighted by molar-refractivity contribution is 5.88. The molecule has 0 amide bonds. The van der Waals surface area contributed by atoms with Gasteiger partial charge in [0.15, 0.2) is 0 Å². The summed E-state index contributed by atoms with van der Waals surface area (Å²) in [6.45, 7) is 2.06. The topological polar surface area (TPSA) is 41.0 Å². The average Bonchev–Trinajstić information content (AvgIpc) is 2.92. The van der Waals surface area contributed by atoms with Gasteiger partial charge in [-0.25, -0.2) is 4.98 Å². The van der Waals surface area contributed by atoms with Crippen molar-refractivity contribution in [1.82, 2.24) is 9.97 Å². The zero-order valence-electron chi connectivity index (χ0n) is 9.90. The van der Waals surface area contributed by atoms with E-state index in [0.717, 1.165) is 30.6 Å². The Kier molecular flexibility index (Phi) is 2.52. The molecule has 2 aromatic rings. The number of pyridine rings is 1. The lowest BCUT2D eigenvalue weighted by Crippen LogP contribution is -1.97. The van der Waals surface area contributed by atoms with Crippen molar-refractivity contribution in [3.63, 3.8) is 0 Å². The molecule has 1 aliphatic heterocycles. The quantitative estimate of drug-likeness (QED) is 0.856. The summed E-state index contributed by atoms with van der Waals surface area (Å²) in [5, 5.41) is 1.20. The molecule has 0 spiro atoms. The van der Waals surface area contributed by atoms with Gasteiger partial charge in [0.25, 0.3) is 0 Å². The molecule has 0 aliphatic carbocycles. The second kappa shape index (κ2) is 4.17. The summed E-state index contributed by atoms with van der Waals surface area (Å²) in [5.41, 5.74) is 4.70. The van der Waals surface area contributed by atoms with Crippen molar-refractivity contribution in [1.29, 1.82) is 0 Å². The van der Waals surface area contributed by atoms with E-state index in [1.54, 1.807) is 0 Å². The van der Waals surface area contributed by atoms with Gasteiger partial charge in [-0.3, -0.25) is 4.99 Å². The first-order valence-corrected chi connectivity index (χ1v) is 5.96. The molecule has 0 fully saturated rings. The maximum atomic E-state index is 4.44. The van der Waals surface area contributed by atoms with Crippen LogP contribution in [0.15, 0.2) is 35.6 Å². The Morgan fingerprint density at radius 1 is 1.29 bits per heavy atom. The van der Waals surface area contributed by atoms with Crippen LogP contribution in [-0.2, 0) is 6.42 Å². The van der Waals surface area contributed by atoms with E-state index in [-0.39, 0.29) is 0 Å². The highest BCUT2D eigenvalue weighted by atomic mass is 14.8. The summed E-state index contributed by atoms with van der Waals surface area (Å²) in [6, 6.07) is 4.36. The predicted molar refractivity (Wildman–Crippen MR) is 70.3 cm³/mol. The third kappa shape index (κ3) is 2.13. The Hall–Kier alpha value is -1.90. The number of nitrogens with one attached hydrogen (secondary N) is 1. The van der Waals surface area contributed by atoms with Gasteiger partial charge in [-0.1, -0.05) is 6.08 Å². The number of nitrogens with zero attached hydrogens (tertiary/aromatic N) is 2. The van der Waals surface area contributed by atoms with Crippen LogP contribution in [0.4, 0.5) is 0 Å². The van der Waals surface area contributed by atoms with Gasteiger partial charge in [-0.15, -0.1) is 0 Å². The van der Waals surface area contributed by atoms with Crippen molar-refractivity contribution in [3.8, 4) is 0 Å². The molecule has 0 bridgehead atoms. The minimum atomic E-state index is 0.978. The molecule has 3 rings (SSSR count). The normalized spacial score (nSPS) is 14.5. The highest BCUT2D eigenvalue weighted by Gasteiger charge is 2.04. The lowest BCUT2D eigenvalue weighted by molar-refractivity contribution is 1.02. The SMILES string of the molecule is Cc1cc2cc(CCC3=NC=CC3)cnc2[nH]1. The van der Waals surface area contributed by atoms with Gasteiger partial charge in [-0.2, -0.15) is 0 Å². The fraction of sp³-hybridized carbons (Fsp3) is 0.286. The molecule has 0 radical (unpaired) electrons. The highest BCUT2D eigenvalue weighted by Crippen LogP contribution is 2.16. The van der Waals surface area contributed by atoms with Crippen molar-refractivity contribution < 1.29 is 0 Å². The Labute approximate surface area is 100 Å². The predicted octanol–water partition coefficient (Wildman–Crippen LogP) is 3.16. The van der Waals surface area contributed by atoms with E-state index in [9.17, 15) is 0 Å². The smallest absolute Gasteiger partial charge is 0.137 e. The van der Waals surface area contributed by atoms with Crippen molar-refractivity contribution in [3.05, 3.63) is 41.9 Å². The van der Waals surface area contributed by atoms with Gasteiger partial charge in [-0.05, 0) is 37.5 Å². The Morgan fingerprint density at radius 3 is 3.06 bits per heavy atom. The lowest BCUT2D eigenvalue weighted by Gasteiger charge is -2.01. The zero-order chi connectivity index (χ0) is 11.7. The van der Waals surface area contributed by atoms with Gasteiger partial charge >= 0.3 is 0 Å². The molecule has 0 saturated heterocycles.